The van der Waals surface area contributed by atoms with Crippen LogP contribution in [0.5, 0.6) is 0 Å². The highest BCUT2D eigenvalue weighted by Crippen LogP contribution is 2.48. The van der Waals surface area contributed by atoms with Crippen LogP contribution in [0.25, 0.3) is 0 Å². The van der Waals surface area contributed by atoms with Crippen molar-refractivity contribution in [1.29, 1.82) is 0 Å². The molecule has 4 nitrogen and oxygen atoms in total. The van der Waals surface area contributed by atoms with Gasteiger partial charge in [-0.3, -0.25) is 14.6 Å². The van der Waals surface area contributed by atoms with Gasteiger partial charge in [0.1, 0.15) is 5.92 Å². The summed E-state index contributed by atoms with van der Waals surface area (Å²) in [5, 5.41) is 0. The molecule has 0 fully saturated rings. The molecule has 2 atom stereocenters. The average Bonchev–Trinajstić information content (AvgIpc) is 2.51. The van der Waals surface area contributed by atoms with Crippen LogP contribution in [0.4, 0.5) is 0 Å². The molecule has 0 radical (unpaired) electrons. The molecule has 0 N–H and O–H groups in total. The van der Waals surface area contributed by atoms with Gasteiger partial charge in [-0.05, 0) is 36.5 Å². The molecule has 0 saturated heterocycles. The summed E-state index contributed by atoms with van der Waals surface area (Å²) in [5.41, 5.74) is 3.03. The van der Waals surface area contributed by atoms with Gasteiger partial charge in [-0.2, -0.15) is 0 Å². The molecule has 2 aliphatic rings. The Morgan fingerprint density at radius 1 is 1.32 bits per heavy atom. The van der Waals surface area contributed by atoms with Crippen LogP contribution in [0.1, 0.15) is 45.1 Å². The van der Waals surface area contributed by atoms with Gasteiger partial charge in [-0.1, -0.05) is 41.9 Å². The molecule has 1 unspecified atom stereocenters. The van der Waals surface area contributed by atoms with E-state index in [2.05, 4.69) is 34.8 Å². The molecule has 3 rings (SSSR count). The summed E-state index contributed by atoms with van der Waals surface area (Å²) in [6, 6.07) is 7.78. The second-order valence-electron chi connectivity index (χ2n) is 7.59. The summed E-state index contributed by atoms with van der Waals surface area (Å²) in [4.78, 5) is 30.2. The average molecular weight is 404 g/mol. The number of hydrogen-bond acceptors (Lipinski definition) is 4. The standard InChI is InChI=1S/C20H22BrNO3/c1-11-16(19(24)25-4)17(12-6-5-7-13(21)8-12)18-14(22-11)9-20(2,3)10-15(18)23/h5-8,16-17H,9-10H2,1-4H3/t16?,17-/m0/s1. The maximum absolute atomic E-state index is 13.0. The van der Waals surface area contributed by atoms with Crippen LogP contribution in [0.2, 0.25) is 0 Å². The van der Waals surface area contributed by atoms with Crippen LogP contribution in [0, 0.1) is 11.3 Å². The molecule has 0 aromatic heterocycles. The number of allylic oxidation sites excluding steroid dienone is 2. The highest BCUT2D eigenvalue weighted by atomic mass is 79.9. The molecular weight excluding hydrogens is 382 g/mol. The van der Waals surface area contributed by atoms with E-state index in [1.54, 1.807) is 0 Å². The summed E-state index contributed by atoms with van der Waals surface area (Å²) >= 11 is 3.49. The number of halogens is 1. The van der Waals surface area contributed by atoms with Crippen LogP contribution in [0.15, 0.2) is 45.0 Å². The smallest absolute Gasteiger partial charge is 0.315 e. The fraction of sp³-hybridized carbons (Fsp3) is 0.450. The summed E-state index contributed by atoms with van der Waals surface area (Å²) in [5.74, 6) is -1.18. The molecule has 5 heteroatoms. The lowest BCUT2D eigenvalue weighted by Gasteiger charge is -2.38. The number of ketones is 1. The lowest BCUT2D eigenvalue weighted by molar-refractivity contribution is -0.143. The Balaban J connectivity index is 2.21. The van der Waals surface area contributed by atoms with E-state index in [1.807, 2.05) is 31.2 Å². The third-order valence-electron chi connectivity index (χ3n) is 4.97. The second-order valence-corrected chi connectivity index (χ2v) is 8.50. The Morgan fingerprint density at radius 3 is 2.68 bits per heavy atom. The van der Waals surface area contributed by atoms with Gasteiger partial charge in [-0.25, -0.2) is 0 Å². The second kappa shape index (κ2) is 6.52. The first-order valence-corrected chi connectivity index (χ1v) is 9.17. The van der Waals surface area contributed by atoms with Crippen molar-refractivity contribution in [1.82, 2.24) is 0 Å². The molecule has 1 aromatic rings. The molecule has 1 heterocycles. The summed E-state index contributed by atoms with van der Waals surface area (Å²) < 4.78 is 5.95. The monoisotopic (exact) mass is 403 g/mol. The number of ether oxygens (including phenoxy) is 1. The van der Waals surface area contributed by atoms with E-state index in [9.17, 15) is 9.59 Å². The minimum absolute atomic E-state index is 0.0846. The number of carbonyl (C=O) groups is 2. The van der Waals surface area contributed by atoms with E-state index < -0.39 is 5.92 Å². The fourth-order valence-corrected chi connectivity index (χ4v) is 4.35. The highest BCUT2D eigenvalue weighted by molar-refractivity contribution is 9.10. The van der Waals surface area contributed by atoms with E-state index in [0.29, 0.717) is 17.7 Å². The first-order chi connectivity index (χ1) is 11.7. The zero-order chi connectivity index (χ0) is 18.4. The largest absolute Gasteiger partial charge is 0.468 e. The van der Waals surface area contributed by atoms with Crippen molar-refractivity contribution in [2.24, 2.45) is 16.3 Å². The number of aliphatic imine (C=N–C) groups is 1. The maximum atomic E-state index is 13.0. The number of carbonyl (C=O) groups excluding carboxylic acids is 2. The number of nitrogens with zero attached hydrogens (tertiary/aromatic N) is 1. The van der Waals surface area contributed by atoms with Gasteiger partial charge in [-0.15, -0.1) is 0 Å². The number of hydrogen-bond donors (Lipinski definition) is 0. The van der Waals surface area contributed by atoms with Crippen molar-refractivity contribution in [2.75, 3.05) is 7.11 Å². The highest BCUT2D eigenvalue weighted by Gasteiger charge is 2.45. The van der Waals surface area contributed by atoms with Crippen LogP contribution in [0.3, 0.4) is 0 Å². The van der Waals surface area contributed by atoms with Crippen molar-refractivity contribution in [3.63, 3.8) is 0 Å². The molecule has 0 saturated carbocycles. The van der Waals surface area contributed by atoms with Gasteiger partial charge >= 0.3 is 5.97 Å². The first-order valence-electron chi connectivity index (χ1n) is 8.38. The van der Waals surface area contributed by atoms with Gasteiger partial charge in [0.15, 0.2) is 5.78 Å². The van der Waals surface area contributed by atoms with Gasteiger partial charge in [0.25, 0.3) is 0 Å². The van der Waals surface area contributed by atoms with Gasteiger partial charge in [0, 0.05) is 33.8 Å². The van der Waals surface area contributed by atoms with E-state index in [0.717, 1.165) is 22.2 Å². The minimum Gasteiger partial charge on any atom is -0.468 e. The van der Waals surface area contributed by atoms with Gasteiger partial charge in [0.2, 0.25) is 0 Å². The van der Waals surface area contributed by atoms with E-state index in [4.69, 9.17) is 4.74 Å². The molecule has 0 spiro atoms. The zero-order valence-electron chi connectivity index (χ0n) is 14.9. The number of esters is 1. The van der Waals surface area contributed by atoms with Crippen molar-refractivity contribution in [3.8, 4) is 0 Å². The fourth-order valence-electron chi connectivity index (χ4n) is 3.94. The zero-order valence-corrected chi connectivity index (χ0v) is 16.5. The SMILES string of the molecule is COC(=O)C1C(C)=NC2=C(C(=O)CC(C)(C)C2)[C@H]1c1cccc(Br)c1. The van der Waals surface area contributed by atoms with Crippen molar-refractivity contribution < 1.29 is 14.3 Å². The molecule has 1 aliphatic heterocycles. The lowest BCUT2D eigenvalue weighted by Crippen LogP contribution is -2.39. The maximum Gasteiger partial charge on any atom is 0.315 e. The quantitative estimate of drug-likeness (QED) is 0.685. The molecule has 132 valence electrons. The van der Waals surface area contributed by atoms with Crippen LogP contribution in [-0.4, -0.2) is 24.6 Å². The topological polar surface area (TPSA) is 55.7 Å². The third-order valence-corrected chi connectivity index (χ3v) is 5.46. The van der Waals surface area contributed by atoms with Crippen LogP contribution in [-0.2, 0) is 14.3 Å². The summed E-state index contributed by atoms with van der Waals surface area (Å²) in [6.45, 7) is 6.02. The Kier molecular flexibility index (Phi) is 4.71. The van der Waals surface area contributed by atoms with Crippen LogP contribution < -0.4 is 0 Å². The Hall–Kier alpha value is -1.75. The molecule has 0 amide bonds. The van der Waals surface area contributed by atoms with Crippen molar-refractivity contribution in [3.05, 3.63) is 45.6 Å². The molecule has 1 aromatic carbocycles. The van der Waals surface area contributed by atoms with Crippen molar-refractivity contribution in [2.45, 2.75) is 39.5 Å². The third kappa shape index (κ3) is 3.34. The summed E-state index contributed by atoms with van der Waals surface area (Å²) in [7, 11) is 1.38. The number of rotatable bonds is 2. The molecule has 1 aliphatic carbocycles. The Labute approximate surface area is 156 Å². The number of methoxy groups -OCH3 is 1. The molecular formula is C20H22BrNO3. The van der Waals surface area contributed by atoms with E-state index in [-0.39, 0.29) is 23.1 Å². The predicted molar refractivity (Wildman–Crippen MR) is 101 cm³/mol. The van der Waals surface area contributed by atoms with E-state index in [1.165, 1.54) is 7.11 Å². The Morgan fingerprint density at radius 2 is 2.04 bits per heavy atom. The number of benzene rings is 1. The number of Topliss-reactive ketones (excluding diaryl/α,β-unsaturated/α-hetero) is 1. The molecule has 0 bridgehead atoms. The normalized spacial score (nSPS) is 25.3. The van der Waals surface area contributed by atoms with Gasteiger partial charge in [0.05, 0.1) is 7.11 Å². The summed E-state index contributed by atoms with van der Waals surface area (Å²) in [6.07, 6.45) is 1.21. The minimum atomic E-state index is -0.566. The predicted octanol–water partition coefficient (Wildman–Crippen LogP) is 4.44. The lowest BCUT2D eigenvalue weighted by atomic mass is 9.67. The molecule has 25 heavy (non-hydrogen) atoms. The van der Waals surface area contributed by atoms with Crippen molar-refractivity contribution >= 4 is 33.4 Å². The van der Waals surface area contributed by atoms with Gasteiger partial charge < -0.3 is 4.74 Å². The van der Waals surface area contributed by atoms with Crippen LogP contribution >= 0.6 is 15.9 Å². The van der Waals surface area contributed by atoms with E-state index >= 15 is 0 Å². The Bertz CT molecular complexity index is 807. The first kappa shape index (κ1) is 18.1.